The van der Waals surface area contributed by atoms with Gasteiger partial charge in [0, 0.05) is 25.0 Å². The Hall–Kier alpha value is -3.29. The van der Waals surface area contributed by atoms with Crippen LogP contribution in [0.2, 0.25) is 0 Å². The Balaban J connectivity index is 1.62. The molecule has 0 saturated carbocycles. The normalized spacial score (nSPS) is 17.1. The standard InChI is InChI=1S/C19H21N5O3/c1-27-17-10-14-13(21-18(25)22-14)9-15(17)23-19(26)24-8-3-2-6-16(24)12-5-4-7-20-11-12/h4-5,7,9-11,16H,2-3,6,8H2,1H3,(H,23,26)(H2,21,22,25)/t16-/m1/s1. The van der Waals surface area contributed by atoms with E-state index < -0.39 is 0 Å². The van der Waals surface area contributed by atoms with Crippen LogP contribution in [0.4, 0.5) is 10.5 Å². The molecule has 8 nitrogen and oxygen atoms in total. The van der Waals surface area contributed by atoms with E-state index in [1.807, 2.05) is 23.2 Å². The summed E-state index contributed by atoms with van der Waals surface area (Å²) in [5, 5.41) is 2.94. The molecule has 140 valence electrons. The first-order valence-corrected chi connectivity index (χ1v) is 8.93. The van der Waals surface area contributed by atoms with Gasteiger partial charge in [-0.15, -0.1) is 0 Å². The molecule has 3 heterocycles. The Kier molecular flexibility index (Phi) is 4.53. The van der Waals surface area contributed by atoms with Crippen LogP contribution < -0.4 is 15.7 Å². The number of amides is 2. The largest absolute Gasteiger partial charge is 0.494 e. The van der Waals surface area contributed by atoms with Gasteiger partial charge in [0.15, 0.2) is 0 Å². The quantitative estimate of drug-likeness (QED) is 0.662. The van der Waals surface area contributed by atoms with Crippen molar-refractivity contribution in [1.82, 2.24) is 19.9 Å². The minimum absolute atomic E-state index is 0.00533. The number of nitrogens with one attached hydrogen (secondary N) is 3. The predicted octanol–water partition coefficient (Wildman–Crippen LogP) is 3.02. The number of hydrogen-bond donors (Lipinski definition) is 3. The molecular formula is C19H21N5O3. The number of H-pyrrole nitrogens is 2. The Morgan fingerprint density at radius 2 is 2.11 bits per heavy atom. The number of aromatic nitrogens is 3. The lowest BCUT2D eigenvalue weighted by atomic mass is 9.97. The number of benzene rings is 1. The van der Waals surface area contributed by atoms with Gasteiger partial charge in [0.25, 0.3) is 0 Å². The molecule has 0 radical (unpaired) electrons. The number of urea groups is 1. The number of aromatic amines is 2. The molecule has 27 heavy (non-hydrogen) atoms. The van der Waals surface area contributed by atoms with E-state index in [0.717, 1.165) is 24.8 Å². The summed E-state index contributed by atoms with van der Waals surface area (Å²) < 4.78 is 5.38. The molecule has 1 atom stereocenters. The van der Waals surface area contributed by atoms with Crippen molar-refractivity contribution in [3.8, 4) is 5.75 Å². The van der Waals surface area contributed by atoms with Gasteiger partial charge in [-0.25, -0.2) is 9.59 Å². The number of ether oxygens (including phenoxy) is 1. The van der Waals surface area contributed by atoms with Gasteiger partial charge in [-0.2, -0.15) is 0 Å². The van der Waals surface area contributed by atoms with Crippen LogP contribution in [0, 0.1) is 0 Å². The second kappa shape index (κ2) is 7.14. The summed E-state index contributed by atoms with van der Waals surface area (Å²) in [5.41, 5.74) is 2.48. The van der Waals surface area contributed by atoms with E-state index in [2.05, 4.69) is 20.3 Å². The van der Waals surface area contributed by atoms with E-state index in [-0.39, 0.29) is 17.8 Å². The Morgan fingerprint density at radius 1 is 1.30 bits per heavy atom. The molecule has 1 saturated heterocycles. The number of rotatable bonds is 3. The monoisotopic (exact) mass is 367 g/mol. The summed E-state index contributed by atoms with van der Waals surface area (Å²) >= 11 is 0. The van der Waals surface area contributed by atoms with Gasteiger partial charge in [0.05, 0.1) is 29.9 Å². The van der Waals surface area contributed by atoms with E-state index in [9.17, 15) is 9.59 Å². The van der Waals surface area contributed by atoms with Crippen LogP contribution in [0.5, 0.6) is 5.75 Å². The number of piperidine rings is 1. The molecule has 0 unspecified atom stereocenters. The van der Waals surface area contributed by atoms with Crippen molar-refractivity contribution in [3.63, 3.8) is 0 Å². The van der Waals surface area contributed by atoms with E-state index >= 15 is 0 Å². The molecule has 1 aliphatic rings. The molecule has 2 amide bonds. The number of carbonyl (C=O) groups is 1. The van der Waals surface area contributed by atoms with Gasteiger partial charge in [-0.1, -0.05) is 6.07 Å². The smallest absolute Gasteiger partial charge is 0.323 e. The zero-order valence-corrected chi connectivity index (χ0v) is 15.0. The first-order valence-electron chi connectivity index (χ1n) is 8.93. The average Bonchev–Trinajstić information content (AvgIpc) is 3.06. The molecule has 8 heteroatoms. The molecule has 4 rings (SSSR count). The average molecular weight is 367 g/mol. The lowest BCUT2D eigenvalue weighted by Gasteiger charge is -2.36. The molecule has 1 aromatic carbocycles. The number of fused-ring (bicyclic) bond motifs is 1. The highest BCUT2D eigenvalue weighted by molar-refractivity contribution is 5.94. The maximum atomic E-state index is 13.0. The first kappa shape index (κ1) is 17.1. The summed E-state index contributed by atoms with van der Waals surface area (Å²) in [6.45, 7) is 0.678. The molecule has 0 aliphatic carbocycles. The number of carbonyl (C=O) groups excluding carboxylic acids is 1. The Morgan fingerprint density at radius 3 is 2.85 bits per heavy atom. The van der Waals surface area contributed by atoms with Gasteiger partial charge >= 0.3 is 11.7 Å². The van der Waals surface area contributed by atoms with Gasteiger partial charge in [0.1, 0.15) is 5.75 Å². The predicted molar refractivity (Wildman–Crippen MR) is 102 cm³/mol. The van der Waals surface area contributed by atoms with Crippen LogP contribution in [0.15, 0.2) is 41.5 Å². The number of anilines is 1. The molecule has 1 fully saturated rings. The number of pyridine rings is 1. The van der Waals surface area contributed by atoms with Crippen molar-refractivity contribution in [2.45, 2.75) is 25.3 Å². The number of likely N-dealkylation sites (tertiary alicyclic amines) is 1. The summed E-state index contributed by atoms with van der Waals surface area (Å²) in [5.74, 6) is 0.487. The highest BCUT2D eigenvalue weighted by atomic mass is 16.5. The zero-order chi connectivity index (χ0) is 18.8. The second-order valence-electron chi connectivity index (χ2n) is 6.60. The fourth-order valence-electron chi connectivity index (χ4n) is 3.61. The fourth-order valence-corrected chi connectivity index (χ4v) is 3.61. The van der Waals surface area contributed by atoms with E-state index in [1.54, 1.807) is 18.3 Å². The van der Waals surface area contributed by atoms with Crippen molar-refractivity contribution in [3.05, 3.63) is 52.7 Å². The van der Waals surface area contributed by atoms with Crippen LogP contribution in [0.25, 0.3) is 11.0 Å². The topological polar surface area (TPSA) is 103 Å². The molecular weight excluding hydrogens is 346 g/mol. The summed E-state index contributed by atoms with van der Waals surface area (Å²) in [6, 6.07) is 7.08. The van der Waals surface area contributed by atoms with E-state index in [1.165, 1.54) is 7.11 Å². The molecule has 3 aromatic rings. The minimum Gasteiger partial charge on any atom is -0.494 e. The van der Waals surface area contributed by atoms with Gasteiger partial charge in [-0.05, 0) is 37.0 Å². The van der Waals surface area contributed by atoms with Crippen molar-refractivity contribution in [1.29, 1.82) is 0 Å². The Labute approximate surface area is 155 Å². The van der Waals surface area contributed by atoms with Gasteiger partial charge in [0.2, 0.25) is 0 Å². The lowest BCUT2D eigenvalue weighted by molar-refractivity contribution is 0.163. The van der Waals surface area contributed by atoms with E-state index in [4.69, 9.17) is 4.74 Å². The maximum absolute atomic E-state index is 13.0. The molecule has 3 N–H and O–H groups in total. The molecule has 0 spiro atoms. The third-order valence-electron chi connectivity index (χ3n) is 4.91. The SMILES string of the molecule is COc1cc2[nH]c(=O)[nH]c2cc1NC(=O)N1CCCC[C@@H]1c1cccnc1. The maximum Gasteiger partial charge on any atom is 0.323 e. The summed E-state index contributed by atoms with van der Waals surface area (Å²) in [4.78, 5) is 35.9. The van der Waals surface area contributed by atoms with Crippen LogP contribution in [0.1, 0.15) is 30.9 Å². The van der Waals surface area contributed by atoms with E-state index in [0.29, 0.717) is 29.0 Å². The van der Waals surface area contributed by atoms with Crippen molar-refractivity contribution < 1.29 is 9.53 Å². The minimum atomic E-state index is -0.303. The summed E-state index contributed by atoms with van der Waals surface area (Å²) in [6.07, 6.45) is 6.48. The number of hydrogen-bond acceptors (Lipinski definition) is 4. The lowest BCUT2D eigenvalue weighted by Crippen LogP contribution is -2.41. The van der Waals surface area contributed by atoms with Gasteiger partial charge < -0.3 is 24.9 Å². The first-order chi connectivity index (χ1) is 13.2. The number of imidazole rings is 1. The second-order valence-corrected chi connectivity index (χ2v) is 6.60. The molecule has 2 aromatic heterocycles. The van der Waals surface area contributed by atoms with Crippen molar-refractivity contribution in [2.24, 2.45) is 0 Å². The zero-order valence-electron chi connectivity index (χ0n) is 15.0. The van der Waals surface area contributed by atoms with Crippen LogP contribution in [-0.2, 0) is 0 Å². The summed E-state index contributed by atoms with van der Waals surface area (Å²) in [7, 11) is 1.53. The van der Waals surface area contributed by atoms with Crippen molar-refractivity contribution >= 4 is 22.8 Å². The van der Waals surface area contributed by atoms with Crippen LogP contribution in [0.3, 0.4) is 0 Å². The van der Waals surface area contributed by atoms with Crippen LogP contribution in [-0.4, -0.2) is 39.5 Å². The number of methoxy groups -OCH3 is 1. The van der Waals surface area contributed by atoms with Crippen molar-refractivity contribution in [2.75, 3.05) is 19.0 Å². The number of nitrogens with zero attached hydrogens (tertiary/aromatic N) is 2. The van der Waals surface area contributed by atoms with Gasteiger partial charge in [-0.3, -0.25) is 4.98 Å². The molecule has 0 bridgehead atoms. The third kappa shape index (κ3) is 3.38. The third-order valence-corrected chi connectivity index (χ3v) is 4.91. The molecule has 1 aliphatic heterocycles. The highest BCUT2D eigenvalue weighted by Crippen LogP contribution is 2.33. The highest BCUT2D eigenvalue weighted by Gasteiger charge is 2.28. The van der Waals surface area contributed by atoms with Crippen LogP contribution >= 0.6 is 0 Å². The Bertz CT molecular complexity index is 1010. The fraction of sp³-hybridized carbons (Fsp3) is 0.316.